The van der Waals surface area contributed by atoms with Crippen LogP contribution in [0.4, 0.5) is 4.39 Å². The van der Waals surface area contributed by atoms with Gasteiger partial charge in [0.05, 0.1) is 5.69 Å². The maximum atomic E-state index is 13.7. The largest absolute Gasteiger partial charge is 0.451 e. The maximum Gasteiger partial charge on any atom is 0.170 e. The van der Waals surface area contributed by atoms with E-state index in [1.165, 1.54) is 6.07 Å². The molecule has 3 rings (SSSR count). The lowest BCUT2D eigenvalue weighted by atomic mass is 10.2. The van der Waals surface area contributed by atoms with Crippen LogP contribution in [0.15, 0.2) is 34.7 Å². The molecule has 0 aliphatic heterocycles. The van der Waals surface area contributed by atoms with Crippen LogP contribution in [-0.2, 0) is 11.3 Å². The summed E-state index contributed by atoms with van der Waals surface area (Å²) in [6.45, 7) is 2.82. The molecule has 3 aromatic rings. The topological polar surface area (TPSA) is 51.1 Å². The van der Waals surface area contributed by atoms with Crippen LogP contribution in [0.2, 0.25) is 0 Å². The molecule has 108 valence electrons. The van der Waals surface area contributed by atoms with Gasteiger partial charge in [-0.1, -0.05) is 24.4 Å². The summed E-state index contributed by atoms with van der Waals surface area (Å²) in [6, 6.07) is 8.25. The zero-order valence-corrected chi connectivity index (χ0v) is 12.2. The van der Waals surface area contributed by atoms with Crippen molar-refractivity contribution in [2.75, 3.05) is 6.61 Å². The summed E-state index contributed by atoms with van der Waals surface area (Å²) in [5.74, 6) is 0.738. The predicted octanol–water partition coefficient (Wildman–Crippen LogP) is 4.23. The number of hydrogen-bond donors (Lipinski definition) is 1. The van der Waals surface area contributed by atoms with Crippen molar-refractivity contribution in [1.82, 2.24) is 9.97 Å². The minimum Gasteiger partial charge on any atom is -0.451 e. The van der Waals surface area contributed by atoms with Gasteiger partial charge in [0.15, 0.2) is 17.2 Å². The van der Waals surface area contributed by atoms with Crippen molar-refractivity contribution < 1.29 is 13.5 Å². The van der Waals surface area contributed by atoms with E-state index in [9.17, 15) is 4.39 Å². The summed E-state index contributed by atoms with van der Waals surface area (Å²) >= 11 is 5.14. The standard InChI is InChI=1S/C15H13FN2O2S/c1-2-19-8-13-17-11(7-14(21)18-13)12-6-9-4-3-5-10(16)15(9)20-12/h3-7H,2,8H2,1H3,(H,17,18,21). The Balaban J connectivity index is 2.07. The molecule has 1 N–H and O–H groups in total. The molecule has 0 bridgehead atoms. The molecule has 0 amide bonds. The average Bonchev–Trinajstić information content (AvgIpc) is 2.90. The predicted molar refractivity (Wildman–Crippen MR) is 79.9 cm³/mol. The molecule has 2 heterocycles. The summed E-state index contributed by atoms with van der Waals surface area (Å²) in [6.07, 6.45) is 0. The smallest absolute Gasteiger partial charge is 0.170 e. The number of halogens is 1. The van der Waals surface area contributed by atoms with Gasteiger partial charge in [-0.15, -0.1) is 0 Å². The van der Waals surface area contributed by atoms with Gasteiger partial charge in [-0.2, -0.15) is 0 Å². The molecule has 0 saturated carbocycles. The number of hydrogen-bond acceptors (Lipinski definition) is 4. The minimum absolute atomic E-state index is 0.231. The van der Waals surface area contributed by atoms with E-state index in [-0.39, 0.29) is 11.4 Å². The number of fused-ring (bicyclic) bond motifs is 1. The highest BCUT2D eigenvalue weighted by Gasteiger charge is 2.11. The molecule has 0 atom stereocenters. The maximum absolute atomic E-state index is 13.7. The summed E-state index contributed by atoms with van der Waals surface area (Å²) in [7, 11) is 0. The van der Waals surface area contributed by atoms with Gasteiger partial charge in [0.25, 0.3) is 0 Å². The molecule has 21 heavy (non-hydrogen) atoms. The van der Waals surface area contributed by atoms with E-state index in [2.05, 4.69) is 9.97 Å². The van der Waals surface area contributed by atoms with Crippen LogP contribution >= 0.6 is 12.2 Å². The number of ether oxygens (including phenoxy) is 1. The SMILES string of the molecule is CCOCc1nc(=S)cc(-c2cc3cccc(F)c3o2)[nH]1. The average molecular weight is 304 g/mol. The number of aromatic amines is 1. The Labute approximate surface area is 125 Å². The van der Waals surface area contributed by atoms with Gasteiger partial charge in [0, 0.05) is 18.1 Å². The number of benzene rings is 1. The summed E-state index contributed by atoms with van der Waals surface area (Å²) in [5.41, 5.74) is 0.885. The van der Waals surface area contributed by atoms with Crippen LogP contribution in [0.25, 0.3) is 22.4 Å². The van der Waals surface area contributed by atoms with E-state index in [1.54, 1.807) is 24.3 Å². The number of nitrogens with one attached hydrogen (secondary N) is 1. The Kier molecular flexibility index (Phi) is 3.81. The number of rotatable bonds is 4. The van der Waals surface area contributed by atoms with Gasteiger partial charge in [0.1, 0.15) is 17.1 Å². The third kappa shape index (κ3) is 2.86. The Morgan fingerprint density at radius 2 is 2.24 bits per heavy atom. The highest BCUT2D eigenvalue weighted by atomic mass is 32.1. The zero-order valence-electron chi connectivity index (χ0n) is 11.4. The molecule has 4 nitrogen and oxygen atoms in total. The Morgan fingerprint density at radius 3 is 3.00 bits per heavy atom. The summed E-state index contributed by atoms with van der Waals surface area (Å²) in [5, 5.41) is 0.701. The molecule has 1 aromatic carbocycles. The lowest BCUT2D eigenvalue weighted by Gasteiger charge is -2.04. The van der Waals surface area contributed by atoms with Gasteiger partial charge in [0.2, 0.25) is 0 Å². The quantitative estimate of drug-likeness (QED) is 0.733. The summed E-state index contributed by atoms with van der Waals surface area (Å²) < 4.78 is 25.0. The van der Waals surface area contributed by atoms with Crippen LogP contribution in [0.5, 0.6) is 0 Å². The summed E-state index contributed by atoms with van der Waals surface area (Å²) in [4.78, 5) is 7.28. The van der Waals surface area contributed by atoms with Crippen molar-refractivity contribution in [2.24, 2.45) is 0 Å². The molecule has 6 heteroatoms. The third-order valence-corrected chi connectivity index (χ3v) is 3.21. The first-order chi connectivity index (χ1) is 10.2. The molecular formula is C15H13FN2O2S. The fourth-order valence-corrected chi connectivity index (χ4v) is 2.30. The molecule has 0 saturated heterocycles. The molecule has 2 aromatic heterocycles. The number of para-hydroxylation sites is 1. The first-order valence-electron chi connectivity index (χ1n) is 6.54. The Hall–Kier alpha value is -2.05. The molecule has 0 aliphatic rings. The van der Waals surface area contributed by atoms with Crippen LogP contribution in [0.1, 0.15) is 12.7 Å². The van der Waals surface area contributed by atoms with Crippen molar-refractivity contribution in [3.63, 3.8) is 0 Å². The molecule has 0 aliphatic carbocycles. The molecule has 0 spiro atoms. The van der Waals surface area contributed by atoms with Gasteiger partial charge in [-0.3, -0.25) is 0 Å². The zero-order chi connectivity index (χ0) is 14.8. The van der Waals surface area contributed by atoms with Gasteiger partial charge in [-0.05, 0) is 19.1 Å². The fraction of sp³-hybridized carbons (Fsp3) is 0.200. The van der Waals surface area contributed by atoms with Gasteiger partial charge < -0.3 is 14.1 Å². The third-order valence-electron chi connectivity index (χ3n) is 3.00. The first-order valence-corrected chi connectivity index (χ1v) is 6.94. The number of aromatic nitrogens is 2. The molecular weight excluding hydrogens is 291 g/mol. The Morgan fingerprint density at radius 1 is 1.38 bits per heavy atom. The number of H-pyrrole nitrogens is 1. The van der Waals surface area contributed by atoms with Crippen LogP contribution < -0.4 is 0 Å². The van der Waals surface area contributed by atoms with Crippen LogP contribution in [0.3, 0.4) is 0 Å². The van der Waals surface area contributed by atoms with E-state index in [0.717, 1.165) is 0 Å². The van der Waals surface area contributed by atoms with E-state index >= 15 is 0 Å². The lowest BCUT2D eigenvalue weighted by Crippen LogP contribution is -2.00. The van der Waals surface area contributed by atoms with Crippen LogP contribution in [-0.4, -0.2) is 16.6 Å². The lowest BCUT2D eigenvalue weighted by molar-refractivity contribution is 0.128. The second-order valence-electron chi connectivity index (χ2n) is 4.49. The van der Waals surface area contributed by atoms with Gasteiger partial charge in [-0.25, -0.2) is 9.37 Å². The second kappa shape index (κ2) is 5.75. The van der Waals surface area contributed by atoms with Crippen molar-refractivity contribution >= 4 is 23.2 Å². The minimum atomic E-state index is -0.388. The van der Waals surface area contributed by atoms with Crippen molar-refractivity contribution in [3.05, 3.63) is 46.6 Å². The second-order valence-corrected chi connectivity index (χ2v) is 4.90. The van der Waals surface area contributed by atoms with E-state index in [0.29, 0.717) is 40.5 Å². The number of furan rings is 1. The number of nitrogens with zero attached hydrogens (tertiary/aromatic N) is 1. The van der Waals surface area contributed by atoms with Crippen molar-refractivity contribution in [3.8, 4) is 11.5 Å². The van der Waals surface area contributed by atoms with Crippen LogP contribution in [0, 0.1) is 10.5 Å². The first kappa shape index (κ1) is 13.9. The normalized spacial score (nSPS) is 11.1. The van der Waals surface area contributed by atoms with Crippen molar-refractivity contribution in [1.29, 1.82) is 0 Å². The van der Waals surface area contributed by atoms with E-state index < -0.39 is 0 Å². The fourth-order valence-electron chi connectivity index (χ4n) is 2.07. The van der Waals surface area contributed by atoms with E-state index in [4.69, 9.17) is 21.4 Å². The Bertz CT molecular complexity index is 841. The van der Waals surface area contributed by atoms with Crippen molar-refractivity contribution in [2.45, 2.75) is 13.5 Å². The van der Waals surface area contributed by atoms with Gasteiger partial charge >= 0.3 is 0 Å². The molecule has 0 radical (unpaired) electrons. The highest BCUT2D eigenvalue weighted by Crippen LogP contribution is 2.28. The molecule has 0 unspecified atom stereocenters. The molecule has 0 fully saturated rings. The highest BCUT2D eigenvalue weighted by molar-refractivity contribution is 7.71. The van der Waals surface area contributed by atoms with E-state index in [1.807, 2.05) is 6.92 Å². The monoisotopic (exact) mass is 304 g/mol.